The van der Waals surface area contributed by atoms with Crippen LogP contribution in [0.4, 0.5) is 24.5 Å². The third kappa shape index (κ3) is 4.18. The van der Waals surface area contributed by atoms with Crippen LogP contribution in [-0.4, -0.2) is 10.9 Å². The van der Waals surface area contributed by atoms with Crippen LogP contribution in [0.1, 0.15) is 16.1 Å². The van der Waals surface area contributed by atoms with Gasteiger partial charge in [-0.25, -0.2) is 13.2 Å². The minimum absolute atomic E-state index is 0.0218. The van der Waals surface area contributed by atoms with Crippen molar-refractivity contribution in [1.82, 2.24) is 10.3 Å². The van der Waals surface area contributed by atoms with Crippen molar-refractivity contribution < 1.29 is 18.0 Å². The summed E-state index contributed by atoms with van der Waals surface area (Å²) in [4.78, 5) is 16.2. The Bertz CT molecular complexity index is 947. The summed E-state index contributed by atoms with van der Waals surface area (Å²) in [5.41, 5.74) is 1.26. The van der Waals surface area contributed by atoms with E-state index in [0.717, 1.165) is 12.1 Å². The molecule has 0 saturated carbocycles. The van der Waals surface area contributed by atoms with Crippen molar-refractivity contribution in [2.24, 2.45) is 0 Å². The molecule has 0 unspecified atom stereocenters. The Morgan fingerprint density at radius 1 is 0.885 bits per heavy atom. The predicted octanol–water partition coefficient (Wildman–Crippen LogP) is 4.17. The van der Waals surface area contributed by atoms with Gasteiger partial charge in [0, 0.05) is 35.7 Å². The highest BCUT2D eigenvalue weighted by molar-refractivity contribution is 5.93. The van der Waals surface area contributed by atoms with Crippen LogP contribution in [0.5, 0.6) is 0 Å². The largest absolute Gasteiger partial charge is 0.355 e. The first-order valence-corrected chi connectivity index (χ1v) is 7.72. The molecule has 7 heteroatoms. The predicted molar refractivity (Wildman–Crippen MR) is 91.4 cm³/mol. The zero-order valence-corrected chi connectivity index (χ0v) is 13.5. The number of pyridine rings is 1. The van der Waals surface area contributed by atoms with Crippen LogP contribution in [-0.2, 0) is 6.54 Å². The zero-order valence-electron chi connectivity index (χ0n) is 13.5. The van der Waals surface area contributed by atoms with E-state index in [1.165, 1.54) is 24.4 Å². The maximum absolute atomic E-state index is 13.6. The number of anilines is 2. The smallest absolute Gasteiger partial charge is 0.270 e. The van der Waals surface area contributed by atoms with E-state index in [1.54, 1.807) is 24.3 Å². The van der Waals surface area contributed by atoms with Gasteiger partial charge >= 0.3 is 0 Å². The number of amides is 1. The number of nitrogens with zero attached hydrogens (tertiary/aromatic N) is 1. The van der Waals surface area contributed by atoms with E-state index >= 15 is 0 Å². The first-order chi connectivity index (χ1) is 12.5. The molecule has 4 nitrogen and oxygen atoms in total. The van der Waals surface area contributed by atoms with E-state index in [-0.39, 0.29) is 12.2 Å². The highest BCUT2D eigenvalue weighted by Crippen LogP contribution is 2.19. The van der Waals surface area contributed by atoms with Crippen molar-refractivity contribution in [3.05, 3.63) is 89.5 Å². The van der Waals surface area contributed by atoms with E-state index in [0.29, 0.717) is 16.9 Å². The van der Waals surface area contributed by atoms with Gasteiger partial charge in [0.05, 0.1) is 0 Å². The molecule has 0 aliphatic carbocycles. The summed E-state index contributed by atoms with van der Waals surface area (Å²) in [7, 11) is 0. The molecule has 2 aromatic carbocycles. The van der Waals surface area contributed by atoms with Crippen LogP contribution >= 0.6 is 0 Å². The summed E-state index contributed by atoms with van der Waals surface area (Å²) < 4.78 is 39.8. The van der Waals surface area contributed by atoms with E-state index in [9.17, 15) is 18.0 Å². The van der Waals surface area contributed by atoms with Gasteiger partial charge in [-0.3, -0.25) is 9.78 Å². The van der Waals surface area contributed by atoms with Crippen LogP contribution in [0.25, 0.3) is 0 Å². The first-order valence-electron chi connectivity index (χ1n) is 7.72. The molecule has 0 spiro atoms. The lowest BCUT2D eigenvalue weighted by Crippen LogP contribution is -2.24. The summed E-state index contributed by atoms with van der Waals surface area (Å²) >= 11 is 0. The Balaban J connectivity index is 1.69. The lowest BCUT2D eigenvalue weighted by molar-refractivity contribution is 0.0945. The van der Waals surface area contributed by atoms with Crippen LogP contribution in [0, 0.1) is 17.5 Å². The van der Waals surface area contributed by atoms with Crippen LogP contribution < -0.4 is 10.6 Å². The molecule has 0 fully saturated rings. The minimum atomic E-state index is -0.980. The Kier molecular flexibility index (Phi) is 5.17. The van der Waals surface area contributed by atoms with Crippen molar-refractivity contribution in [1.29, 1.82) is 0 Å². The molecule has 1 heterocycles. The molecule has 0 aliphatic heterocycles. The number of halogens is 3. The van der Waals surface area contributed by atoms with E-state index in [2.05, 4.69) is 15.6 Å². The minimum Gasteiger partial charge on any atom is -0.355 e. The van der Waals surface area contributed by atoms with Crippen molar-refractivity contribution in [2.45, 2.75) is 6.54 Å². The van der Waals surface area contributed by atoms with Crippen molar-refractivity contribution in [2.75, 3.05) is 5.32 Å². The molecule has 132 valence electrons. The van der Waals surface area contributed by atoms with Crippen LogP contribution in [0.15, 0.2) is 60.8 Å². The lowest BCUT2D eigenvalue weighted by Gasteiger charge is -2.09. The van der Waals surface area contributed by atoms with E-state index < -0.39 is 23.4 Å². The second-order valence-electron chi connectivity index (χ2n) is 5.46. The summed E-state index contributed by atoms with van der Waals surface area (Å²) in [5, 5.41) is 5.45. The number of aromatic nitrogens is 1. The molecule has 3 rings (SSSR count). The van der Waals surface area contributed by atoms with E-state index in [4.69, 9.17) is 0 Å². The Labute approximate surface area is 147 Å². The number of nitrogens with one attached hydrogen (secondary N) is 2. The van der Waals surface area contributed by atoms with Gasteiger partial charge < -0.3 is 10.6 Å². The van der Waals surface area contributed by atoms with Gasteiger partial charge in [-0.05, 0) is 30.3 Å². The molecule has 0 bridgehead atoms. The number of hydrogen-bond acceptors (Lipinski definition) is 3. The average Bonchev–Trinajstić information content (AvgIpc) is 2.64. The second-order valence-corrected chi connectivity index (χ2v) is 5.46. The quantitative estimate of drug-likeness (QED) is 0.721. The Hall–Kier alpha value is -3.35. The average molecular weight is 357 g/mol. The van der Waals surface area contributed by atoms with Crippen molar-refractivity contribution in [3.8, 4) is 0 Å². The highest BCUT2D eigenvalue weighted by Gasteiger charge is 2.10. The fraction of sp³-hybridized carbons (Fsp3) is 0.0526. The third-order valence-corrected chi connectivity index (χ3v) is 3.60. The number of carbonyl (C=O) groups excluding carboxylic acids is 1. The zero-order chi connectivity index (χ0) is 18.5. The monoisotopic (exact) mass is 357 g/mol. The molecular formula is C19H14F3N3O. The van der Waals surface area contributed by atoms with Gasteiger partial charge in [0.1, 0.15) is 11.5 Å². The molecule has 0 radical (unpaired) electrons. The summed E-state index contributed by atoms with van der Waals surface area (Å²) in [6.45, 7) is 0.0218. The fourth-order valence-corrected chi connectivity index (χ4v) is 2.28. The molecule has 0 saturated heterocycles. The normalized spacial score (nSPS) is 10.4. The summed E-state index contributed by atoms with van der Waals surface area (Å²) in [5.74, 6) is -2.82. The van der Waals surface area contributed by atoms with Gasteiger partial charge in [-0.1, -0.05) is 18.2 Å². The van der Waals surface area contributed by atoms with E-state index in [1.807, 2.05) is 0 Å². The molecular weight excluding hydrogens is 343 g/mol. The van der Waals surface area contributed by atoms with Crippen molar-refractivity contribution >= 4 is 17.3 Å². The maximum atomic E-state index is 13.6. The molecule has 0 aliphatic rings. The number of benzene rings is 2. The third-order valence-electron chi connectivity index (χ3n) is 3.60. The summed E-state index contributed by atoms with van der Waals surface area (Å²) in [6, 6.07) is 12.5. The molecule has 1 amide bonds. The molecule has 0 atom stereocenters. The SMILES string of the molecule is O=C(NCc1ccccc1F)c1cc(Nc2ccc(F)c(F)c2)ccn1. The van der Waals surface area contributed by atoms with Crippen molar-refractivity contribution in [3.63, 3.8) is 0 Å². The number of hydrogen-bond donors (Lipinski definition) is 2. The lowest BCUT2D eigenvalue weighted by atomic mass is 10.2. The molecule has 2 N–H and O–H groups in total. The second kappa shape index (κ2) is 7.69. The highest BCUT2D eigenvalue weighted by atomic mass is 19.2. The Morgan fingerprint density at radius 2 is 1.65 bits per heavy atom. The molecule has 1 aromatic heterocycles. The fourth-order valence-electron chi connectivity index (χ4n) is 2.28. The van der Waals surface area contributed by atoms with Gasteiger partial charge in [0.25, 0.3) is 5.91 Å². The van der Waals surface area contributed by atoms with Gasteiger partial charge in [0.15, 0.2) is 11.6 Å². The topological polar surface area (TPSA) is 54.0 Å². The van der Waals surface area contributed by atoms with Gasteiger partial charge in [-0.15, -0.1) is 0 Å². The standard InChI is InChI=1S/C19H14F3N3O/c20-15-4-2-1-3-12(15)11-24-19(26)18-10-14(7-8-23-18)25-13-5-6-16(21)17(22)9-13/h1-10H,11H2,(H,23,25)(H,24,26). The maximum Gasteiger partial charge on any atom is 0.270 e. The Morgan fingerprint density at radius 3 is 2.42 bits per heavy atom. The molecule has 3 aromatic rings. The summed E-state index contributed by atoms with van der Waals surface area (Å²) in [6.07, 6.45) is 1.40. The van der Waals surface area contributed by atoms with Crippen LogP contribution in [0.3, 0.4) is 0 Å². The number of rotatable bonds is 5. The van der Waals surface area contributed by atoms with Crippen LogP contribution in [0.2, 0.25) is 0 Å². The first kappa shape index (κ1) is 17.5. The molecule has 26 heavy (non-hydrogen) atoms. The number of carbonyl (C=O) groups is 1. The van der Waals surface area contributed by atoms with Gasteiger partial charge in [-0.2, -0.15) is 0 Å². The van der Waals surface area contributed by atoms with Gasteiger partial charge in [0.2, 0.25) is 0 Å².